The zero-order chi connectivity index (χ0) is 19.6. The normalized spacial score (nSPS) is 26.0. The van der Waals surface area contributed by atoms with E-state index in [1.807, 2.05) is 4.57 Å². The number of hydrogen-bond acceptors (Lipinski definition) is 4. The van der Waals surface area contributed by atoms with Crippen molar-refractivity contribution in [2.75, 3.05) is 13.1 Å². The molecule has 10 heteroatoms. The third-order valence-electron chi connectivity index (χ3n) is 6.05. The van der Waals surface area contributed by atoms with E-state index in [2.05, 4.69) is 4.98 Å². The van der Waals surface area contributed by atoms with Crippen molar-refractivity contribution in [1.29, 1.82) is 0 Å². The highest BCUT2D eigenvalue weighted by atomic mass is 19.4. The molecule has 3 aliphatic rings. The summed E-state index contributed by atoms with van der Waals surface area (Å²) in [5, 5.41) is 9.83. The maximum atomic E-state index is 13.2. The van der Waals surface area contributed by atoms with Gasteiger partial charge in [0.15, 0.2) is 0 Å². The number of alkyl halides is 3. The van der Waals surface area contributed by atoms with Crippen molar-refractivity contribution in [1.82, 2.24) is 19.4 Å². The van der Waals surface area contributed by atoms with E-state index in [4.69, 9.17) is 0 Å². The van der Waals surface area contributed by atoms with Crippen molar-refractivity contribution in [2.45, 2.75) is 57.1 Å². The minimum atomic E-state index is -5.10. The maximum absolute atomic E-state index is 13.2. The molecule has 1 aromatic heterocycles. The van der Waals surface area contributed by atoms with E-state index in [1.165, 1.54) is 0 Å². The zero-order valence-electron chi connectivity index (χ0n) is 14.9. The number of fused-ring (bicyclic) bond motifs is 1. The van der Waals surface area contributed by atoms with Gasteiger partial charge in [-0.25, -0.2) is 4.98 Å². The number of rotatable bonds is 2. The van der Waals surface area contributed by atoms with E-state index in [1.54, 1.807) is 17.4 Å². The van der Waals surface area contributed by atoms with Gasteiger partial charge >= 0.3 is 6.18 Å². The molecule has 7 nitrogen and oxygen atoms in total. The molecule has 2 amide bonds. The number of likely N-dealkylation sites (tertiary alicyclic amines) is 1. The fourth-order valence-electron chi connectivity index (χ4n) is 4.01. The van der Waals surface area contributed by atoms with E-state index in [0.29, 0.717) is 33.0 Å². The largest absolute Gasteiger partial charge is 0.426 e. The minimum absolute atomic E-state index is 0.0836. The van der Waals surface area contributed by atoms with Gasteiger partial charge in [-0.15, -0.1) is 0 Å². The summed E-state index contributed by atoms with van der Waals surface area (Å²) < 4.78 is 41.4. The summed E-state index contributed by atoms with van der Waals surface area (Å²) in [7, 11) is 0. The summed E-state index contributed by atoms with van der Waals surface area (Å²) in [6.45, 7) is 1.80. The van der Waals surface area contributed by atoms with Crippen LogP contribution in [0, 0.1) is 5.41 Å². The Kier molecular flexibility index (Phi) is 3.86. The van der Waals surface area contributed by atoms with Crippen molar-refractivity contribution < 1.29 is 27.9 Å². The fraction of sp³-hybridized carbons (Fsp3) is 0.706. The molecule has 2 aliphatic heterocycles. The molecule has 2 atom stereocenters. The van der Waals surface area contributed by atoms with Crippen molar-refractivity contribution in [2.24, 2.45) is 5.41 Å². The molecule has 1 aromatic rings. The Balaban J connectivity index is 1.57. The highest BCUT2D eigenvalue weighted by Gasteiger charge is 2.63. The van der Waals surface area contributed by atoms with Crippen LogP contribution >= 0.6 is 0 Å². The molecular formula is C17H21F3N4O3. The Morgan fingerprint density at radius 3 is 2.63 bits per heavy atom. The Morgan fingerprint density at radius 2 is 2.00 bits per heavy atom. The molecule has 1 aliphatic carbocycles. The number of nitrogens with zero attached hydrogens (tertiary/aromatic N) is 4. The monoisotopic (exact) mass is 386 g/mol. The standard InChI is InChI=1S/C17H21F3N4O3/c1-15(27,17(18,19)20)14(26)24-9-16(2-3-16)6-12(24)13(25)22-4-5-23-10-21-7-11(23)8-22/h7,10,12,27H,2-6,8-9H2,1H3/t12-,15?/m1/s1. The summed E-state index contributed by atoms with van der Waals surface area (Å²) in [6.07, 6.45) is 0.120. The van der Waals surface area contributed by atoms with Gasteiger partial charge < -0.3 is 19.5 Å². The summed E-state index contributed by atoms with van der Waals surface area (Å²) in [5.41, 5.74) is -2.95. The minimum Gasteiger partial charge on any atom is -0.373 e. The number of imidazole rings is 1. The van der Waals surface area contributed by atoms with Crippen LogP contribution in [0.2, 0.25) is 0 Å². The summed E-state index contributed by atoms with van der Waals surface area (Å²) in [5.74, 6) is -1.81. The third-order valence-corrected chi connectivity index (χ3v) is 6.05. The predicted molar refractivity (Wildman–Crippen MR) is 86.1 cm³/mol. The molecule has 1 saturated heterocycles. The van der Waals surface area contributed by atoms with Crippen LogP contribution in [0.4, 0.5) is 13.2 Å². The molecule has 4 rings (SSSR count). The zero-order valence-corrected chi connectivity index (χ0v) is 14.9. The Morgan fingerprint density at radius 1 is 1.30 bits per heavy atom. The fourth-order valence-corrected chi connectivity index (χ4v) is 4.01. The molecule has 1 N–H and O–H groups in total. The van der Waals surface area contributed by atoms with Gasteiger partial charge in [-0.05, 0) is 31.6 Å². The number of halogens is 3. The van der Waals surface area contributed by atoms with E-state index >= 15 is 0 Å². The molecule has 148 valence electrons. The van der Waals surface area contributed by atoms with Crippen LogP contribution < -0.4 is 0 Å². The van der Waals surface area contributed by atoms with Crippen molar-refractivity contribution >= 4 is 11.8 Å². The second-order valence-electron chi connectivity index (χ2n) is 8.06. The van der Waals surface area contributed by atoms with E-state index in [-0.39, 0.29) is 17.9 Å². The highest BCUT2D eigenvalue weighted by molar-refractivity contribution is 5.92. The average molecular weight is 386 g/mol. The first-order chi connectivity index (χ1) is 12.5. The van der Waals surface area contributed by atoms with Gasteiger partial charge in [-0.3, -0.25) is 9.59 Å². The second-order valence-corrected chi connectivity index (χ2v) is 8.06. The number of hydrogen-bond donors (Lipinski definition) is 1. The van der Waals surface area contributed by atoms with Gasteiger partial charge in [-0.2, -0.15) is 13.2 Å². The topological polar surface area (TPSA) is 78.7 Å². The summed E-state index contributed by atoms with van der Waals surface area (Å²) >= 11 is 0. The third kappa shape index (κ3) is 2.90. The van der Waals surface area contributed by atoms with Crippen molar-refractivity contribution in [3.63, 3.8) is 0 Å². The molecule has 2 fully saturated rings. The average Bonchev–Trinajstić information content (AvgIpc) is 3.04. The molecule has 27 heavy (non-hydrogen) atoms. The number of carbonyl (C=O) groups excluding carboxylic acids is 2. The van der Waals surface area contributed by atoms with Crippen LogP contribution in [0.15, 0.2) is 12.5 Å². The SMILES string of the molecule is CC(O)(C(=O)N1CC2(CC2)C[C@@H]1C(=O)N1CCn2cncc2C1)C(F)(F)F. The van der Waals surface area contributed by atoms with Crippen molar-refractivity contribution in [3.8, 4) is 0 Å². The molecule has 1 saturated carbocycles. The number of aliphatic hydroxyl groups is 1. The van der Waals surface area contributed by atoms with E-state index in [9.17, 15) is 27.9 Å². The summed E-state index contributed by atoms with van der Waals surface area (Å²) in [4.78, 5) is 32.2. The number of carbonyl (C=O) groups is 2. The highest BCUT2D eigenvalue weighted by Crippen LogP contribution is 2.55. The van der Waals surface area contributed by atoms with Gasteiger partial charge in [0.1, 0.15) is 6.04 Å². The lowest BCUT2D eigenvalue weighted by atomic mass is 10.0. The molecular weight excluding hydrogens is 365 g/mol. The molecule has 0 radical (unpaired) electrons. The van der Waals surface area contributed by atoms with Crippen LogP contribution in [0.3, 0.4) is 0 Å². The molecule has 1 spiro atoms. The quantitative estimate of drug-likeness (QED) is 0.820. The van der Waals surface area contributed by atoms with Crippen LogP contribution in [0.25, 0.3) is 0 Å². The Labute approximate surface area is 153 Å². The van der Waals surface area contributed by atoms with Gasteiger partial charge in [-0.1, -0.05) is 0 Å². The van der Waals surface area contributed by atoms with Crippen LogP contribution in [-0.4, -0.2) is 67.2 Å². The second kappa shape index (κ2) is 5.70. The van der Waals surface area contributed by atoms with Crippen LogP contribution in [-0.2, 0) is 22.7 Å². The van der Waals surface area contributed by atoms with E-state index in [0.717, 1.165) is 23.4 Å². The molecule has 1 unspecified atom stereocenters. The predicted octanol–water partition coefficient (Wildman–Crippen LogP) is 0.920. The lowest BCUT2D eigenvalue weighted by Crippen LogP contribution is -2.59. The first-order valence-electron chi connectivity index (χ1n) is 8.92. The Hall–Kier alpha value is -2.10. The van der Waals surface area contributed by atoms with Gasteiger partial charge in [0.25, 0.3) is 5.91 Å². The first kappa shape index (κ1) is 18.3. The molecule has 3 heterocycles. The lowest BCUT2D eigenvalue weighted by molar-refractivity contribution is -0.250. The van der Waals surface area contributed by atoms with Crippen LogP contribution in [0.5, 0.6) is 0 Å². The van der Waals surface area contributed by atoms with Gasteiger partial charge in [0.2, 0.25) is 11.5 Å². The summed E-state index contributed by atoms with van der Waals surface area (Å²) in [6, 6.07) is -0.969. The van der Waals surface area contributed by atoms with Gasteiger partial charge in [0.05, 0.1) is 18.6 Å². The van der Waals surface area contributed by atoms with E-state index < -0.39 is 23.7 Å². The number of aromatic nitrogens is 2. The molecule has 0 aromatic carbocycles. The van der Waals surface area contributed by atoms with Crippen LogP contribution in [0.1, 0.15) is 31.9 Å². The smallest absolute Gasteiger partial charge is 0.373 e. The lowest BCUT2D eigenvalue weighted by Gasteiger charge is -2.36. The van der Waals surface area contributed by atoms with Crippen molar-refractivity contribution in [3.05, 3.63) is 18.2 Å². The van der Waals surface area contributed by atoms with Gasteiger partial charge in [0, 0.05) is 25.8 Å². The molecule has 0 bridgehead atoms. The maximum Gasteiger partial charge on any atom is 0.426 e. The Bertz CT molecular complexity index is 785. The number of amides is 2. The first-order valence-corrected chi connectivity index (χ1v) is 8.92.